The number of aromatic amines is 1. The summed E-state index contributed by atoms with van der Waals surface area (Å²) < 4.78 is 28.8. The van der Waals surface area contributed by atoms with Crippen molar-refractivity contribution in [3.05, 3.63) is 24.3 Å². The molecule has 2 N–H and O–H groups in total. The molecule has 2 saturated carbocycles. The van der Waals surface area contributed by atoms with Crippen molar-refractivity contribution in [3.63, 3.8) is 0 Å². The molecule has 5 rings (SSSR count). The van der Waals surface area contributed by atoms with Crippen LogP contribution in [0, 0.1) is 0 Å². The molecular weight excluding hydrogens is 316 g/mol. The van der Waals surface area contributed by atoms with Gasteiger partial charge in [-0.1, -0.05) is 0 Å². The second-order valence-corrected chi connectivity index (χ2v) is 8.44. The van der Waals surface area contributed by atoms with Gasteiger partial charge >= 0.3 is 0 Å². The zero-order valence-corrected chi connectivity index (χ0v) is 13.1. The van der Waals surface area contributed by atoms with Crippen molar-refractivity contribution in [1.82, 2.24) is 29.3 Å². The van der Waals surface area contributed by atoms with Crippen LogP contribution in [0.15, 0.2) is 18.5 Å². The van der Waals surface area contributed by atoms with Gasteiger partial charge in [0, 0.05) is 18.2 Å². The minimum Gasteiger partial charge on any atom is -0.345 e. The van der Waals surface area contributed by atoms with Crippen molar-refractivity contribution in [1.29, 1.82) is 0 Å². The molecular formula is C14H16N6O2S. The predicted molar refractivity (Wildman–Crippen MR) is 83.5 cm³/mol. The summed E-state index contributed by atoms with van der Waals surface area (Å²) in [6.45, 7) is 0. The fourth-order valence-corrected chi connectivity index (χ4v) is 4.90. The van der Waals surface area contributed by atoms with E-state index in [1.807, 2.05) is 16.7 Å². The molecule has 0 aliphatic heterocycles. The van der Waals surface area contributed by atoms with Crippen molar-refractivity contribution in [2.24, 2.45) is 0 Å². The van der Waals surface area contributed by atoms with E-state index in [0.717, 1.165) is 42.7 Å². The van der Waals surface area contributed by atoms with E-state index >= 15 is 0 Å². The van der Waals surface area contributed by atoms with E-state index in [0.29, 0.717) is 5.65 Å². The van der Waals surface area contributed by atoms with E-state index in [1.54, 1.807) is 6.20 Å². The van der Waals surface area contributed by atoms with Gasteiger partial charge in [-0.15, -0.1) is 10.2 Å². The Morgan fingerprint density at radius 1 is 1.26 bits per heavy atom. The van der Waals surface area contributed by atoms with Crippen LogP contribution < -0.4 is 4.72 Å². The average molecular weight is 332 g/mol. The molecule has 3 aromatic heterocycles. The van der Waals surface area contributed by atoms with Crippen molar-refractivity contribution < 1.29 is 8.42 Å². The van der Waals surface area contributed by atoms with Crippen LogP contribution in [0.2, 0.25) is 0 Å². The molecule has 8 nitrogen and oxygen atoms in total. The van der Waals surface area contributed by atoms with Crippen LogP contribution in [0.3, 0.4) is 0 Å². The molecule has 0 bridgehead atoms. The Morgan fingerprint density at radius 2 is 2.09 bits per heavy atom. The van der Waals surface area contributed by atoms with Crippen LogP contribution in [0.4, 0.5) is 0 Å². The summed E-state index contributed by atoms with van der Waals surface area (Å²) in [5.74, 6) is 1.10. The molecule has 0 saturated heterocycles. The summed E-state index contributed by atoms with van der Waals surface area (Å²) in [5, 5.41) is 8.33. The first-order valence-electron chi connectivity index (χ1n) is 7.80. The van der Waals surface area contributed by atoms with Gasteiger partial charge in [-0.05, 0) is 31.7 Å². The van der Waals surface area contributed by atoms with Crippen molar-refractivity contribution >= 4 is 26.8 Å². The molecule has 3 heterocycles. The second-order valence-electron chi connectivity index (χ2n) is 6.45. The number of fused-ring (bicyclic) bond motifs is 3. The van der Waals surface area contributed by atoms with Gasteiger partial charge in [0.25, 0.3) is 0 Å². The third-order valence-corrected chi connectivity index (χ3v) is 6.78. The minimum absolute atomic E-state index is 0.0153. The Bertz CT molecular complexity index is 997. The largest absolute Gasteiger partial charge is 0.345 e. The zero-order valence-electron chi connectivity index (χ0n) is 12.3. The SMILES string of the molecule is O=S(=O)(NC1CC(c2nnc3cnc4[nH]ccc4n23)C1)C1CC1. The van der Waals surface area contributed by atoms with Crippen LogP contribution in [0.5, 0.6) is 0 Å². The third-order valence-electron chi connectivity index (χ3n) is 4.76. The molecule has 2 aliphatic rings. The summed E-state index contributed by atoms with van der Waals surface area (Å²) in [5.41, 5.74) is 2.46. The van der Waals surface area contributed by atoms with Crippen molar-refractivity contribution in [2.75, 3.05) is 0 Å². The summed E-state index contributed by atoms with van der Waals surface area (Å²) in [6.07, 6.45) is 6.65. The van der Waals surface area contributed by atoms with Crippen LogP contribution in [-0.4, -0.2) is 44.3 Å². The lowest BCUT2D eigenvalue weighted by atomic mass is 9.80. The summed E-state index contributed by atoms with van der Waals surface area (Å²) in [7, 11) is -3.12. The van der Waals surface area contributed by atoms with E-state index in [1.165, 1.54) is 0 Å². The number of rotatable bonds is 4. The van der Waals surface area contributed by atoms with Gasteiger partial charge in [0.15, 0.2) is 11.3 Å². The molecule has 2 fully saturated rings. The van der Waals surface area contributed by atoms with Gasteiger partial charge in [-0.3, -0.25) is 4.40 Å². The maximum Gasteiger partial charge on any atom is 0.214 e. The zero-order chi connectivity index (χ0) is 15.6. The smallest absolute Gasteiger partial charge is 0.214 e. The standard InChI is InChI=1S/C14H16N6O2S/c21-23(22,10-1-2-10)19-9-5-8(6-9)14-18-17-12-7-16-13-11(20(12)14)3-4-15-13/h3-4,7-10,15,19H,1-2,5-6H2. The van der Waals surface area contributed by atoms with Crippen LogP contribution in [-0.2, 0) is 10.0 Å². The third kappa shape index (κ3) is 2.07. The first-order chi connectivity index (χ1) is 11.1. The van der Waals surface area contributed by atoms with E-state index in [9.17, 15) is 8.42 Å². The summed E-state index contributed by atoms with van der Waals surface area (Å²) >= 11 is 0. The fraction of sp³-hybridized carbons (Fsp3) is 0.500. The van der Waals surface area contributed by atoms with Gasteiger partial charge in [0.2, 0.25) is 10.0 Å². The quantitative estimate of drug-likeness (QED) is 0.739. The number of sulfonamides is 1. The van der Waals surface area contributed by atoms with E-state index < -0.39 is 10.0 Å². The maximum absolute atomic E-state index is 12.0. The normalized spacial score (nSPS) is 25.0. The molecule has 0 spiro atoms. The molecule has 3 aromatic rings. The first kappa shape index (κ1) is 13.4. The highest BCUT2D eigenvalue weighted by atomic mass is 32.2. The lowest BCUT2D eigenvalue weighted by molar-refractivity contribution is 0.313. The van der Waals surface area contributed by atoms with Gasteiger partial charge in [0.05, 0.1) is 17.0 Å². The molecule has 0 amide bonds. The van der Waals surface area contributed by atoms with Crippen molar-refractivity contribution in [3.8, 4) is 0 Å². The van der Waals surface area contributed by atoms with E-state index in [4.69, 9.17) is 0 Å². The van der Waals surface area contributed by atoms with Gasteiger partial charge in [-0.25, -0.2) is 18.1 Å². The molecule has 0 radical (unpaired) electrons. The second kappa shape index (κ2) is 4.51. The Hall–Kier alpha value is -2.00. The van der Waals surface area contributed by atoms with E-state index in [-0.39, 0.29) is 17.2 Å². The fourth-order valence-electron chi connectivity index (χ4n) is 3.29. The van der Waals surface area contributed by atoms with E-state index in [2.05, 4.69) is 24.9 Å². The maximum atomic E-state index is 12.0. The summed E-state index contributed by atoms with van der Waals surface area (Å²) in [4.78, 5) is 7.39. The number of H-pyrrole nitrogens is 1. The average Bonchev–Trinajstić information content (AvgIpc) is 3.10. The Balaban J connectivity index is 1.41. The summed E-state index contributed by atoms with van der Waals surface area (Å²) in [6, 6.07) is 1.97. The highest BCUT2D eigenvalue weighted by molar-refractivity contribution is 7.90. The van der Waals surface area contributed by atoms with Crippen molar-refractivity contribution in [2.45, 2.75) is 42.9 Å². The van der Waals surface area contributed by atoms with Gasteiger partial charge in [0.1, 0.15) is 5.82 Å². The Kier molecular flexibility index (Phi) is 2.64. The lowest BCUT2D eigenvalue weighted by Gasteiger charge is -2.34. The monoisotopic (exact) mass is 332 g/mol. The molecule has 0 aromatic carbocycles. The predicted octanol–water partition coefficient (Wildman–Crippen LogP) is 0.933. The number of hydrogen-bond donors (Lipinski definition) is 2. The molecule has 23 heavy (non-hydrogen) atoms. The Morgan fingerprint density at radius 3 is 2.87 bits per heavy atom. The molecule has 120 valence electrons. The van der Waals surface area contributed by atoms with Gasteiger partial charge < -0.3 is 4.98 Å². The molecule has 0 unspecified atom stereocenters. The highest BCUT2D eigenvalue weighted by Gasteiger charge is 2.41. The van der Waals surface area contributed by atoms with Crippen LogP contribution >= 0.6 is 0 Å². The van der Waals surface area contributed by atoms with Crippen LogP contribution in [0.1, 0.15) is 37.4 Å². The first-order valence-corrected chi connectivity index (χ1v) is 9.35. The lowest BCUT2D eigenvalue weighted by Crippen LogP contribution is -2.44. The molecule has 2 aliphatic carbocycles. The minimum atomic E-state index is -3.12. The molecule has 0 atom stereocenters. The van der Waals surface area contributed by atoms with Gasteiger partial charge in [-0.2, -0.15) is 0 Å². The number of hydrogen-bond acceptors (Lipinski definition) is 5. The molecule has 9 heteroatoms. The number of nitrogens with zero attached hydrogens (tertiary/aromatic N) is 4. The van der Waals surface area contributed by atoms with Crippen LogP contribution in [0.25, 0.3) is 16.8 Å². The highest BCUT2D eigenvalue weighted by Crippen LogP contribution is 2.38. The number of nitrogens with one attached hydrogen (secondary N) is 2. The topological polar surface area (TPSA) is 105 Å². The Labute approximate surface area is 132 Å². The number of aromatic nitrogens is 5.